The van der Waals surface area contributed by atoms with Crippen LogP contribution >= 0.6 is 0 Å². The summed E-state index contributed by atoms with van der Waals surface area (Å²) in [7, 11) is 0. The van der Waals surface area contributed by atoms with E-state index in [1.54, 1.807) is 0 Å². The van der Waals surface area contributed by atoms with Gasteiger partial charge in [-0.2, -0.15) is 0 Å². The van der Waals surface area contributed by atoms with Crippen LogP contribution in [0.3, 0.4) is 0 Å². The van der Waals surface area contributed by atoms with Gasteiger partial charge >= 0.3 is 0 Å². The van der Waals surface area contributed by atoms with Crippen LogP contribution in [-0.2, 0) is 0 Å². The largest absolute Gasteiger partial charge is 0.396 e. The first-order valence-corrected chi connectivity index (χ1v) is 2.94. The minimum Gasteiger partial charge on any atom is -0.396 e. The van der Waals surface area contributed by atoms with Crippen molar-refractivity contribution >= 4 is 0 Å². The SMILES string of the molecule is CC1(CO)CC1CO. The van der Waals surface area contributed by atoms with Crippen LogP contribution in [0.1, 0.15) is 13.3 Å². The molecule has 48 valence electrons. The molecule has 0 amide bonds. The second-order valence-corrected chi connectivity index (χ2v) is 2.90. The van der Waals surface area contributed by atoms with E-state index in [9.17, 15) is 0 Å². The van der Waals surface area contributed by atoms with Gasteiger partial charge in [-0.3, -0.25) is 0 Å². The summed E-state index contributed by atoms with van der Waals surface area (Å²) in [4.78, 5) is 0. The number of aliphatic hydroxyl groups is 2. The molecule has 2 heteroatoms. The molecule has 2 N–H and O–H groups in total. The van der Waals surface area contributed by atoms with Crippen molar-refractivity contribution in [3.05, 3.63) is 0 Å². The second-order valence-electron chi connectivity index (χ2n) is 2.90. The highest BCUT2D eigenvalue weighted by Crippen LogP contribution is 2.50. The van der Waals surface area contributed by atoms with E-state index in [0.29, 0.717) is 5.92 Å². The van der Waals surface area contributed by atoms with Crippen molar-refractivity contribution in [3.8, 4) is 0 Å². The third-order valence-corrected chi connectivity index (χ3v) is 2.12. The van der Waals surface area contributed by atoms with Crippen LogP contribution in [0.15, 0.2) is 0 Å². The molecule has 0 aliphatic heterocycles. The lowest BCUT2D eigenvalue weighted by Crippen LogP contribution is -2.05. The second kappa shape index (κ2) is 1.71. The molecule has 2 nitrogen and oxygen atoms in total. The molecule has 0 radical (unpaired) electrons. The highest BCUT2D eigenvalue weighted by Gasteiger charge is 2.48. The van der Waals surface area contributed by atoms with E-state index in [1.807, 2.05) is 6.92 Å². The molecule has 1 aliphatic carbocycles. The van der Waals surface area contributed by atoms with Crippen molar-refractivity contribution < 1.29 is 10.2 Å². The van der Waals surface area contributed by atoms with Crippen molar-refractivity contribution in [2.75, 3.05) is 13.2 Å². The summed E-state index contributed by atoms with van der Waals surface area (Å²) >= 11 is 0. The summed E-state index contributed by atoms with van der Waals surface area (Å²) in [6, 6.07) is 0. The van der Waals surface area contributed by atoms with E-state index < -0.39 is 0 Å². The highest BCUT2D eigenvalue weighted by molar-refractivity contribution is 4.97. The van der Waals surface area contributed by atoms with Crippen molar-refractivity contribution in [1.29, 1.82) is 0 Å². The van der Waals surface area contributed by atoms with E-state index in [1.165, 1.54) is 0 Å². The maximum absolute atomic E-state index is 8.66. The average Bonchev–Trinajstić information content (AvgIpc) is 2.44. The molecule has 0 aromatic heterocycles. The fourth-order valence-corrected chi connectivity index (χ4v) is 0.983. The molecule has 1 aliphatic rings. The monoisotopic (exact) mass is 116 g/mol. The van der Waals surface area contributed by atoms with Crippen LogP contribution < -0.4 is 0 Å². The van der Waals surface area contributed by atoms with Gasteiger partial charge in [0, 0.05) is 13.2 Å². The summed E-state index contributed by atoms with van der Waals surface area (Å²) in [5.74, 6) is 0.368. The molecule has 0 bridgehead atoms. The third kappa shape index (κ3) is 0.740. The van der Waals surface area contributed by atoms with E-state index in [-0.39, 0.29) is 18.6 Å². The highest BCUT2D eigenvalue weighted by atomic mass is 16.3. The first-order chi connectivity index (χ1) is 3.73. The molecule has 8 heavy (non-hydrogen) atoms. The topological polar surface area (TPSA) is 40.5 Å². The Morgan fingerprint density at radius 3 is 2.38 bits per heavy atom. The van der Waals surface area contributed by atoms with Crippen molar-refractivity contribution in [3.63, 3.8) is 0 Å². The standard InChI is InChI=1S/C6H12O2/c1-6(4-8)2-5(6)3-7/h5,7-8H,2-4H2,1H3. The van der Waals surface area contributed by atoms with Crippen LogP contribution in [0.5, 0.6) is 0 Å². The molecule has 2 atom stereocenters. The van der Waals surface area contributed by atoms with E-state index in [0.717, 1.165) is 6.42 Å². The van der Waals surface area contributed by atoms with Crippen molar-refractivity contribution in [1.82, 2.24) is 0 Å². The lowest BCUT2D eigenvalue weighted by Gasteiger charge is -2.01. The van der Waals surface area contributed by atoms with Gasteiger partial charge < -0.3 is 10.2 Å². The smallest absolute Gasteiger partial charge is 0.0488 e. The molecule has 2 unspecified atom stereocenters. The minimum atomic E-state index is 0.0642. The van der Waals surface area contributed by atoms with Gasteiger partial charge in [-0.15, -0.1) is 0 Å². The summed E-state index contributed by atoms with van der Waals surface area (Å²) in [6.45, 7) is 2.45. The Bertz CT molecular complexity index is 92.5. The number of aliphatic hydroxyl groups excluding tert-OH is 2. The zero-order chi connectivity index (χ0) is 6.20. The first kappa shape index (κ1) is 6.05. The van der Waals surface area contributed by atoms with Gasteiger partial charge in [0.05, 0.1) is 0 Å². The van der Waals surface area contributed by atoms with Gasteiger partial charge in [0.25, 0.3) is 0 Å². The van der Waals surface area contributed by atoms with Gasteiger partial charge in [0.1, 0.15) is 0 Å². The van der Waals surface area contributed by atoms with Crippen LogP contribution in [0, 0.1) is 11.3 Å². The molecule has 1 fully saturated rings. The van der Waals surface area contributed by atoms with Crippen LogP contribution in [0.25, 0.3) is 0 Å². The zero-order valence-corrected chi connectivity index (χ0v) is 5.09. The van der Waals surface area contributed by atoms with Crippen LogP contribution in [0.4, 0.5) is 0 Å². The average molecular weight is 116 g/mol. The Hall–Kier alpha value is -0.0800. The summed E-state index contributed by atoms with van der Waals surface area (Å²) in [6.07, 6.45) is 0.986. The number of rotatable bonds is 2. The predicted octanol–water partition coefficient (Wildman–Crippen LogP) is -0.00280. The molecule has 1 rings (SSSR count). The first-order valence-electron chi connectivity index (χ1n) is 2.94. The lowest BCUT2D eigenvalue weighted by molar-refractivity contribution is 0.184. The summed E-state index contributed by atoms with van der Waals surface area (Å²) in [5, 5.41) is 17.2. The molecule has 0 spiro atoms. The zero-order valence-electron chi connectivity index (χ0n) is 5.09. The van der Waals surface area contributed by atoms with E-state index >= 15 is 0 Å². The Morgan fingerprint density at radius 2 is 2.25 bits per heavy atom. The Morgan fingerprint density at radius 1 is 1.62 bits per heavy atom. The minimum absolute atomic E-state index is 0.0642. The molecular formula is C6H12O2. The predicted molar refractivity (Wildman–Crippen MR) is 30.4 cm³/mol. The summed E-state index contributed by atoms with van der Waals surface area (Å²) < 4.78 is 0. The molecule has 1 saturated carbocycles. The van der Waals surface area contributed by atoms with Crippen LogP contribution in [-0.4, -0.2) is 23.4 Å². The van der Waals surface area contributed by atoms with Crippen molar-refractivity contribution in [2.24, 2.45) is 11.3 Å². The molecule has 0 aromatic carbocycles. The molecule has 0 saturated heterocycles. The third-order valence-electron chi connectivity index (χ3n) is 2.12. The maximum atomic E-state index is 8.66. The van der Waals surface area contributed by atoms with Gasteiger partial charge in [0.2, 0.25) is 0 Å². The summed E-state index contributed by atoms with van der Waals surface area (Å²) in [5.41, 5.74) is 0.0642. The maximum Gasteiger partial charge on any atom is 0.0488 e. The van der Waals surface area contributed by atoms with Crippen molar-refractivity contribution in [2.45, 2.75) is 13.3 Å². The van der Waals surface area contributed by atoms with Gasteiger partial charge in [-0.05, 0) is 17.8 Å². The van der Waals surface area contributed by atoms with Gasteiger partial charge in [0.15, 0.2) is 0 Å². The fourth-order valence-electron chi connectivity index (χ4n) is 0.983. The Kier molecular flexibility index (Phi) is 1.29. The number of hydrogen-bond donors (Lipinski definition) is 2. The Labute approximate surface area is 49.1 Å². The fraction of sp³-hybridized carbons (Fsp3) is 1.00. The quantitative estimate of drug-likeness (QED) is 0.533. The van der Waals surface area contributed by atoms with Crippen LogP contribution in [0.2, 0.25) is 0 Å². The lowest BCUT2D eigenvalue weighted by atomic mass is 10.1. The van der Waals surface area contributed by atoms with E-state index in [4.69, 9.17) is 10.2 Å². The normalized spacial score (nSPS) is 44.6. The molecule has 0 aromatic rings. The Balaban J connectivity index is 2.31. The molecular weight excluding hydrogens is 104 g/mol. The molecule has 0 heterocycles. The van der Waals surface area contributed by atoms with Gasteiger partial charge in [-0.25, -0.2) is 0 Å². The van der Waals surface area contributed by atoms with E-state index in [2.05, 4.69) is 0 Å². The number of hydrogen-bond acceptors (Lipinski definition) is 2. The van der Waals surface area contributed by atoms with Gasteiger partial charge in [-0.1, -0.05) is 6.92 Å².